The van der Waals surface area contributed by atoms with E-state index >= 15 is 0 Å². The van der Waals surface area contributed by atoms with Gasteiger partial charge in [0, 0.05) is 27.9 Å². The second-order valence-corrected chi connectivity index (χ2v) is 6.18. The van der Waals surface area contributed by atoms with Gasteiger partial charge in [-0.15, -0.1) is 11.3 Å². The Morgan fingerprint density at radius 2 is 2.05 bits per heavy atom. The summed E-state index contributed by atoms with van der Waals surface area (Å²) >= 11 is 1.71. The number of ether oxygens (including phenoxy) is 1. The molecule has 0 aliphatic rings. The van der Waals surface area contributed by atoms with E-state index in [9.17, 15) is 8.78 Å². The summed E-state index contributed by atoms with van der Waals surface area (Å²) in [7, 11) is 0. The van der Waals surface area contributed by atoms with Crippen LogP contribution in [0, 0.1) is 18.6 Å². The van der Waals surface area contributed by atoms with Gasteiger partial charge in [-0.25, -0.2) is 8.78 Å². The van der Waals surface area contributed by atoms with Crippen molar-refractivity contribution in [2.45, 2.75) is 33.4 Å². The summed E-state index contributed by atoms with van der Waals surface area (Å²) in [5.41, 5.74) is 1.04. The van der Waals surface area contributed by atoms with Crippen LogP contribution in [-0.4, -0.2) is 6.54 Å². The maximum Gasteiger partial charge on any atom is 0.167 e. The van der Waals surface area contributed by atoms with E-state index in [1.807, 2.05) is 6.92 Å². The summed E-state index contributed by atoms with van der Waals surface area (Å²) < 4.78 is 31.8. The van der Waals surface area contributed by atoms with Gasteiger partial charge in [0.2, 0.25) is 0 Å². The molecule has 0 saturated carbocycles. The van der Waals surface area contributed by atoms with Crippen LogP contribution in [0.1, 0.15) is 28.7 Å². The maximum absolute atomic E-state index is 13.5. The quantitative estimate of drug-likeness (QED) is 0.765. The monoisotopic (exact) mass is 311 g/mol. The van der Waals surface area contributed by atoms with Crippen molar-refractivity contribution in [3.63, 3.8) is 0 Å². The smallest absolute Gasteiger partial charge is 0.167 e. The summed E-state index contributed by atoms with van der Waals surface area (Å²) in [6.45, 7) is 6.27. The van der Waals surface area contributed by atoms with E-state index in [-0.39, 0.29) is 5.75 Å². The highest BCUT2D eigenvalue weighted by Crippen LogP contribution is 2.24. The molecule has 0 unspecified atom stereocenters. The van der Waals surface area contributed by atoms with E-state index in [4.69, 9.17) is 4.74 Å². The fraction of sp³-hybridized carbons (Fsp3) is 0.375. The molecule has 1 aromatic carbocycles. The molecule has 0 aliphatic carbocycles. The highest BCUT2D eigenvalue weighted by Gasteiger charge is 2.09. The maximum atomic E-state index is 13.5. The number of rotatable bonds is 7. The zero-order valence-corrected chi connectivity index (χ0v) is 13.0. The van der Waals surface area contributed by atoms with Crippen molar-refractivity contribution in [3.05, 3.63) is 51.2 Å². The van der Waals surface area contributed by atoms with Crippen molar-refractivity contribution in [2.75, 3.05) is 6.54 Å². The second kappa shape index (κ2) is 7.52. The molecule has 1 aromatic heterocycles. The summed E-state index contributed by atoms with van der Waals surface area (Å²) in [5, 5.41) is 3.35. The zero-order valence-electron chi connectivity index (χ0n) is 12.2. The molecule has 0 saturated heterocycles. The standard InChI is InChI=1S/C16H19F2NOS/c1-3-6-19-9-14-7-12(11(2)21-14)10-20-16-5-4-13(17)8-15(16)18/h4-5,7-8,19H,3,6,9-10H2,1-2H3. The Labute approximate surface area is 127 Å². The Morgan fingerprint density at radius 1 is 1.24 bits per heavy atom. The van der Waals surface area contributed by atoms with Crippen molar-refractivity contribution in [3.8, 4) is 5.75 Å². The predicted octanol–water partition coefficient (Wildman–Crippen LogP) is 4.41. The van der Waals surface area contributed by atoms with E-state index in [2.05, 4.69) is 18.3 Å². The Morgan fingerprint density at radius 3 is 2.76 bits per heavy atom. The summed E-state index contributed by atoms with van der Waals surface area (Å²) in [4.78, 5) is 2.39. The molecular weight excluding hydrogens is 292 g/mol. The van der Waals surface area contributed by atoms with Crippen molar-refractivity contribution >= 4 is 11.3 Å². The van der Waals surface area contributed by atoms with Crippen LogP contribution in [0.2, 0.25) is 0 Å². The number of thiophene rings is 1. The third kappa shape index (κ3) is 4.51. The minimum Gasteiger partial charge on any atom is -0.486 e. The van der Waals surface area contributed by atoms with Crippen LogP contribution in [0.25, 0.3) is 0 Å². The van der Waals surface area contributed by atoms with Gasteiger partial charge in [0.25, 0.3) is 0 Å². The Kier molecular flexibility index (Phi) is 5.70. The minimum absolute atomic E-state index is 0.0765. The molecule has 114 valence electrons. The molecule has 0 spiro atoms. The van der Waals surface area contributed by atoms with Gasteiger partial charge in [-0.3, -0.25) is 0 Å². The zero-order chi connectivity index (χ0) is 15.2. The lowest BCUT2D eigenvalue weighted by molar-refractivity contribution is 0.289. The van der Waals surface area contributed by atoms with E-state index in [1.54, 1.807) is 11.3 Å². The number of nitrogens with one attached hydrogen (secondary N) is 1. The van der Waals surface area contributed by atoms with Crippen LogP contribution in [0.5, 0.6) is 5.75 Å². The Balaban J connectivity index is 1.96. The molecule has 0 fully saturated rings. The fourth-order valence-corrected chi connectivity index (χ4v) is 2.97. The normalized spacial score (nSPS) is 10.9. The summed E-state index contributed by atoms with van der Waals surface area (Å²) in [5.74, 6) is -1.20. The molecule has 1 N–H and O–H groups in total. The third-order valence-electron chi connectivity index (χ3n) is 3.07. The van der Waals surface area contributed by atoms with Crippen LogP contribution in [0.15, 0.2) is 24.3 Å². The molecule has 0 aliphatic heterocycles. The molecule has 21 heavy (non-hydrogen) atoms. The molecule has 0 amide bonds. The molecule has 5 heteroatoms. The van der Waals surface area contributed by atoms with Crippen molar-refractivity contribution in [1.29, 1.82) is 0 Å². The van der Waals surface area contributed by atoms with E-state index < -0.39 is 11.6 Å². The van der Waals surface area contributed by atoms with Crippen LogP contribution in [0.4, 0.5) is 8.78 Å². The van der Waals surface area contributed by atoms with Gasteiger partial charge in [-0.05, 0) is 38.1 Å². The van der Waals surface area contributed by atoms with Crippen molar-refractivity contribution in [2.24, 2.45) is 0 Å². The summed E-state index contributed by atoms with van der Waals surface area (Å²) in [6.07, 6.45) is 1.10. The van der Waals surface area contributed by atoms with Crippen LogP contribution in [-0.2, 0) is 13.2 Å². The number of hydrogen-bond donors (Lipinski definition) is 1. The van der Waals surface area contributed by atoms with Gasteiger partial charge in [-0.2, -0.15) is 0 Å². The molecular formula is C16H19F2NOS. The molecule has 2 aromatic rings. The highest BCUT2D eigenvalue weighted by atomic mass is 32.1. The first-order valence-corrected chi connectivity index (χ1v) is 7.78. The first-order valence-electron chi connectivity index (χ1n) is 6.97. The SMILES string of the molecule is CCCNCc1cc(COc2ccc(F)cc2F)c(C)s1. The van der Waals surface area contributed by atoms with Gasteiger partial charge in [0.05, 0.1) is 0 Å². The lowest BCUT2D eigenvalue weighted by Gasteiger charge is -2.06. The first-order chi connectivity index (χ1) is 10.1. The van der Waals surface area contributed by atoms with Crippen molar-refractivity contribution in [1.82, 2.24) is 5.32 Å². The average Bonchev–Trinajstić information content (AvgIpc) is 2.79. The minimum atomic E-state index is -0.673. The molecule has 1 heterocycles. The largest absolute Gasteiger partial charge is 0.486 e. The van der Waals surface area contributed by atoms with Crippen LogP contribution in [0.3, 0.4) is 0 Å². The number of aryl methyl sites for hydroxylation is 1. The molecule has 0 radical (unpaired) electrons. The lowest BCUT2D eigenvalue weighted by Crippen LogP contribution is -2.12. The number of halogens is 2. The Bertz CT molecular complexity index is 598. The van der Waals surface area contributed by atoms with Crippen LogP contribution >= 0.6 is 11.3 Å². The Hall–Kier alpha value is -1.46. The lowest BCUT2D eigenvalue weighted by atomic mass is 10.2. The molecule has 0 atom stereocenters. The average molecular weight is 311 g/mol. The first kappa shape index (κ1) is 15.9. The molecule has 2 nitrogen and oxygen atoms in total. The fourth-order valence-electron chi connectivity index (χ4n) is 1.95. The topological polar surface area (TPSA) is 21.3 Å². The number of hydrogen-bond acceptors (Lipinski definition) is 3. The third-order valence-corrected chi connectivity index (χ3v) is 4.17. The van der Waals surface area contributed by atoms with Gasteiger partial charge in [0.15, 0.2) is 11.6 Å². The van der Waals surface area contributed by atoms with E-state index in [0.717, 1.165) is 36.0 Å². The second-order valence-electron chi connectivity index (χ2n) is 4.83. The van der Waals surface area contributed by atoms with Gasteiger partial charge in [0.1, 0.15) is 12.4 Å². The summed E-state index contributed by atoms with van der Waals surface area (Å²) in [6, 6.07) is 5.41. The van der Waals surface area contributed by atoms with Crippen LogP contribution < -0.4 is 10.1 Å². The van der Waals surface area contributed by atoms with Gasteiger partial charge in [-0.1, -0.05) is 6.92 Å². The predicted molar refractivity (Wildman–Crippen MR) is 81.7 cm³/mol. The number of benzene rings is 1. The van der Waals surface area contributed by atoms with Gasteiger partial charge >= 0.3 is 0 Å². The van der Waals surface area contributed by atoms with Gasteiger partial charge < -0.3 is 10.1 Å². The van der Waals surface area contributed by atoms with Crippen molar-refractivity contribution < 1.29 is 13.5 Å². The van der Waals surface area contributed by atoms with E-state index in [1.165, 1.54) is 17.0 Å². The highest BCUT2D eigenvalue weighted by molar-refractivity contribution is 7.12. The molecule has 0 bridgehead atoms. The molecule has 2 rings (SSSR count). The van der Waals surface area contributed by atoms with E-state index in [0.29, 0.717) is 6.61 Å².